The number of alkyl halides is 2. The molecule has 1 N–H and O–H groups in total. The van der Waals surface area contributed by atoms with Crippen molar-refractivity contribution in [3.63, 3.8) is 0 Å². The largest absolute Gasteiger partial charge is 0.417 e. The maximum Gasteiger partial charge on any atom is 0.388 e. The molecule has 3 nitrogen and oxygen atoms in total. The highest BCUT2D eigenvalue weighted by Crippen LogP contribution is 2.17. The number of halogens is 2. The number of aryl methyl sites for hydroxylation is 1. The van der Waals surface area contributed by atoms with Crippen molar-refractivity contribution in [3.8, 4) is 5.88 Å². The van der Waals surface area contributed by atoms with Crippen molar-refractivity contribution in [2.24, 2.45) is 0 Å². The molecule has 0 fully saturated rings. The van der Waals surface area contributed by atoms with Crippen LogP contribution in [0.15, 0.2) is 12.1 Å². The SMILES string of the molecule is Cc1ccc(CO)nc1OC(F)F. The van der Waals surface area contributed by atoms with E-state index in [2.05, 4.69) is 9.72 Å². The molecule has 1 aromatic rings. The van der Waals surface area contributed by atoms with E-state index in [4.69, 9.17) is 5.11 Å². The predicted molar refractivity (Wildman–Crippen MR) is 41.5 cm³/mol. The van der Waals surface area contributed by atoms with Gasteiger partial charge in [0.2, 0.25) is 5.88 Å². The standard InChI is InChI=1S/C8H9F2NO2/c1-5-2-3-6(4-12)11-7(5)13-8(9)10/h2-3,8,12H,4H2,1H3. The highest BCUT2D eigenvalue weighted by molar-refractivity contribution is 5.26. The van der Waals surface area contributed by atoms with Crippen LogP contribution in [0.3, 0.4) is 0 Å². The molecule has 0 atom stereocenters. The Kier molecular flexibility index (Phi) is 3.13. The van der Waals surface area contributed by atoms with Crippen LogP contribution in [-0.2, 0) is 6.61 Å². The lowest BCUT2D eigenvalue weighted by molar-refractivity contribution is -0.0535. The fraction of sp³-hybridized carbons (Fsp3) is 0.375. The van der Waals surface area contributed by atoms with Gasteiger partial charge >= 0.3 is 6.61 Å². The molecule has 1 heterocycles. The lowest BCUT2D eigenvalue weighted by Crippen LogP contribution is -2.06. The third-order valence-electron chi connectivity index (χ3n) is 1.47. The maximum atomic E-state index is 11.8. The van der Waals surface area contributed by atoms with Crippen LogP contribution in [0.4, 0.5) is 8.78 Å². The molecule has 0 saturated heterocycles. The number of aliphatic hydroxyl groups excluding tert-OH is 1. The molecule has 0 aliphatic carbocycles. The number of rotatable bonds is 3. The Morgan fingerprint density at radius 3 is 2.77 bits per heavy atom. The summed E-state index contributed by atoms with van der Waals surface area (Å²) in [4.78, 5) is 3.68. The van der Waals surface area contributed by atoms with Crippen molar-refractivity contribution in [2.75, 3.05) is 0 Å². The molecule has 0 saturated carbocycles. The first-order valence-electron chi connectivity index (χ1n) is 3.65. The lowest BCUT2D eigenvalue weighted by atomic mass is 10.2. The molecule has 0 aliphatic heterocycles. The smallest absolute Gasteiger partial charge is 0.388 e. The van der Waals surface area contributed by atoms with Gasteiger partial charge in [0.15, 0.2) is 0 Å². The van der Waals surface area contributed by atoms with E-state index in [0.29, 0.717) is 11.3 Å². The third kappa shape index (κ3) is 2.62. The summed E-state index contributed by atoms with van der Waals surface area (Å²) in [7, 11) is 0. The van der Waals surface area contributed by atoms with Gasteiger partial charge in [0, 0.05) is 5.56 Å². The number of hydrogen-bond acceptors (Lipinski definition) is 3. The Morgan fingerprint density at radius 2 is 2.23 bits per heavy atom. The molecule has 5 heteroatoms. The van der Waals surface area contributed by atoms with Gasteiger partial charge in [-0.3, -0.25) is 0 Å². The highest BCUT2D eigenvalue weighted by Gasteiger charge is 2.08. The summed E-state index contributed by atoms with van der Waals surface area (Å²) in [6, 6.07) is 3.12. The van der Waals surface area contributed by atoms with E-state index in [-0.39, 0.29) is 12.5 Å². The average molecular weight is 189 g/mol. The Bertz CT molecular complexity index is 291. The molecule has 0 spiro atoms. The second-order valence-electron chi connectivity index (χ2n) is 2.46. The van der Waals surface area contributed by atoms with Crippen molar-refractivity contribution >= 4 is 0 Å². The Hall–Kier alpha value is -1.23. The van der Waals surface area contributed by atoms with Crippen molar-refractivity contribution in [1.29, 1.82) is 0 Å². The molecule has 0 radical (unpaired) electrons. The van der Waals surface area contributed by atoms with Crippen molar-refractivity contribution in [1.82, 2.24) is 4.98 Å². The topological polar surface area (TPSA) is 42.4 Å². The van der Waals surface area contributed by atoms with Crippen molar-refractivity contribution in [3.05, 3.63) is 23.4 Å². The number of nitrogens with zero attached hydrogens (tertiary/aromatic N) is 1. The Balaban J connectivity index is 2.90. The van der Waals surface area contributed by atoms with Crippen LogP contribution in [0.25, 0.3) is 0 Å². The first kappa shape index (κ1) is 9.85. The monoisotopic (exact) mass is 189 g/mol. The van der Waals surface area contributed by atoms with Crippen molar-refractivity contribution in [2.45, 2.75) is 20.1 Å². The Labute approximate surface area is 74.0 Å². The Morgan fingerprint density at radius 1 is 1.54 bits per heavy atom. The summed E-state index contributed by atoms with van der Waals surface area (Å²) in [5.74, 6) is -0.137. The van der Waals surface area contributed by atoms with E-state index in [9.17, 15) is 8.78 Å². The summed E-state index contributed by atoms with van der Waals surface area (Å²) < 4.78 is 27.8. The summed E-state index contributed by atoms with van der Waals surface area (Å²) in [6.07, 6.45) is 0. The van der Waals surface area contributed by atoms with Gasteiger partial charge < -0.3 is 9.84 Å². The minimum atomic E-state index is -2.89. The zero-order valence-corrected chi connectivity index (χ0v) is 7.00. The third-order valence-corrected chi connectivity index (χ3v) is 1.47. The normalized spacial score (nSPS) is 10.5. The van der Waals surface area contributed by atoms with Crippen LogP contribution in [0.1, 0.15) is 11.3 Å². The van der Waals surface area contributed by atoms with Gasteiger partial charge in [-0.2, -0.15) is 8.78 Å². The molecule has 1 rings (SSSR count). The van der Waals surface area contributed by atoms with Crippen molar-refractivity contribution < 1.29 is 18.6 Å². The van der Waals surface area contributed by atoms with Crippen LogP contribution in [0, 0.1) is 6.92 Å². The lowest BCUT2D eigenvalue weighted by Gasteiger charge is -2.07. The fourth-order valence-electron chi connectivity index (χ4n) is 0.840. The van der Waals surface area contributed by atoms with E-state index in [0.717, 1.165) is 0 Å². The van der Waals surface area contributed by atoms with Crippen LogP contribution in [0.5, 0.6) is 5.88 Å². The van der Waals surface area contributed by atoms with Crippen LogP contribution >= 0.6 is 0 Å². The zero-order chi connectivity index (χ0) is 9.84. The molecule has 0 aromatic carbocycles. The molecular formula is C8H9F2NO2. The van der Waals surface area contributed by atoms with Gasteiger partial charge in [0.1, 0.15) is 0 Å². The first-order valence-corrected chi connectivity index (χ1v) is 3.65. The molecule has 0 bridgehead atoms. The highest BCUT2D eigenvalue weighted by atomic mass is 19.3. The fourth-order valence-corrected chi connectivity index (χ4v) is 0.840. The maximum absolute atomic E-state index is 11.8. The minimum absolute atomic E-state index is 0.137. The van der Waals surface area contributed by atoms with Gasteiger partial charge in [-0.1, -0.05) is 6.07 Å². The molecule has 72 valence electrons. The van der Waals surface area contributed by atoms with Crippen LogP contribution in [0.2, 0.25) is 0 Å². The van der Waals surface area contributed by atoms with Gasteiger partial charge in [0.05, 0.1) is 12.3 Å². The second kappa shape index (κ2) is 4.13. The molecule has 0 unspecified atom stereocenters. The van der Waals surface area contributed by atoms with Crippen LogP contribution < -0.4 is 4.74 Å². The number of aromatic nitrogens is 1. The number of pyridine rings is 1. The molecule has 1 aromatic heterocycles. The molecule has 13 heavy (non-hydrogen) atoms. The predicted octanol–water partition coefficient (Wildman–Crippen LogP) is 1.48. The summed E-state index contributed by atoms with van der Waals surface area (Å²) in [5.41, 5.74) is 0.818. The summed E-state index contributed by atoms with van der Waals surface area (Å²) >= 11 is 0. The van der Waals surface area contributed by atoms with E-state index in [1.165, 1.54) is 0 Å². The second-order valence-corrected chi connectivity index (χ2v) is 2.46. The van der Waals surface area contributed by atoms with E-state index < -0.39 is 6.61 Å². The van der Waals surface area contributed by atoms with Crippen LogP contribution in [-0.4, -0.2) is 16.7 Å². The average Bonchev–Trinajstić information content (AvgIpc) is 2.08. The van der Waals surface area contributed by atoms with E-state index >= 15 is 0 Å². The quantitative estimate of drug-likeness (QED) is 0.783. The molecular weight excluding hydrogens is 180 g/mol. The number of hydrogen-bond donors (Lipinski definition) is 1. The minimum Gasteiger partial charge on any atom is -0.417 e. The molecule has 0 amide bonds. The van der Waals surface area contributed by atoms with Gasteiger partial charge in [-0.25, -0.2) is 4.98 Å². The van der Waals surface area contributed by atoms with E-state index in [1.807, 2.05) is 0 Å². The first-order chi connectivity index (χ1) is 6.13. The van der Waals surface area contributed by atoms with Gasteiger partial charge in [-0.05, 0) is 13.0 Å². The number of ether oxygens (including phenoxy) is 1. The van der Waals surface area contributed by atoms with Gasteiger partial charge in [-0.15, -0.1) is 0 Å². The summed E-state index contributed by atoms with van der Waals surface area (Å²) in [6.45, 7) is -1.58. The zero-order valence-electron chi connectivity index (χ0n) is 7.00. The number of aliphatic hydroxyl groups is 1. The molecule has 0 aliphatic rings. The summed E-state index contributed by atoms with van der Waals surface area (Å²) in [5, 5.41) is 8.68. The van der Waals surface area contributed by atoms with E-state index in [1.54, 1.807) is 19.1 Å². The van der Waals surface area contributed by atoms with Gasteiger partial charge in [0.25, 0.3) is 0 Å².